The van der Waals surface area contributed by atoms with Gasteiger partial charge in [-0.25, -0.2) is 0 Å². The molecular weight excluding hydrogens is 300 g/mol. The second kappa shape index (κ2) is 10.2. The third-order valence-corrected chi connectivity index (χ3v) is 3.65. The van der Waals surface area contributed by atoms with Crippen LogP contribution in [0.5, 0.6) is 0 Å². The number of nitrogens with zero attached hydrogens (tertiary/aromatic N) is 2. The zero-order valence-corrected chi connectivity index (χ0v) is 14.9. The van der Waals surface area contributed by atoms with Gasteiger partial charge in [0.15, 0.2) is 0 Å². The Labute approximate surface area is 138 Å². The van der Waals surface area contributed by atoms with Crippen LogP contribution in [0.4, 0.5) is 0 Å². The predicted octanol–water partition coefficient (Wildman–Crippen LogP) is -0.0949. The van der Waals surface area contributed by atoms with Crippen LogP contribution in [0, 0.1) is 5.92 Å². The largest absolute Gasteiger partial charge is 0.481 e. The second-order valence-electron chi connectivity index (χ2n) is 5.94. The van der Waals surface area contributed by atoms with Crippen LogP contribution in [-0.4, -0.2) is 73.2 Å². The lowest BCUT2D eigenvalue weighted by Crippen LogP contribution is -2.53. The van der Waals surface area contributed by atoms with Gasteiger partial charge < -0.3 is 15.7 Å². The number of carbonyl (C=O) groups excluding carboxylic acids is 2. The topological polar surface area (TPSA) is 102 Å². The average molecular weight is 330 g/mol. The number of carboxylic acids is 1. The van der Waals surface area contributed by atoms with Gasteiger partial charge >= 0.3 is 5.97 Å². The van der Waals surface area contributed by atoms with E-state index in [-0.39, 0.29) is 12.3 Å². The fraction of sp³-hybridized carbons (Fsp3) is 0.800. The molecule has 0 aliphatic rings. The standard InChI is InChI=1S/C15H30N4O4/c1-7-11(18(3)4)16-14(22)10(9-13(20)21)15(23)17-12(8-2)19(5)6/h10-12H,7-9H2,1-6H3,(H,16,22)(H,17,23)(H,20,21). The normalized spacial score (nSPS) is 15.1. The maximum Gasteiger partial charge on any atom is 0.304 e. The summed E-state index contributed by atoms with van der Waals surface area (Å²) in [6.45, 7) is 3.80. The summed E-state index contributed by atoms with van der Waals surface area (Å²) in [5, 5.41) is 14.4. The molecule has 0 fully saturated rings. The van der Waals surface area contributed by atoms with Crippen molar-refractivity contribution in [2.24, 2.45) is 5.92 Å². The maximum atomic E-state index is 12.4. The number of hydrogen-bond donors (Lipinski definition) is 3. The van der Waals surface area contributed by atoms with Gasteiger partial charge in [-0.15, -0.1) is 0 Å². The highest BCUT2D eigenvalue weighted by atomic mass is 16.4. The molecule has 2 amide bonds. The van der Waals surface area contributed by atoms with E-state index in [0.29, 0.717) is 12.8 Å². The van der Waals surface area contributed by atoms with Gasteiger partial charge in [0.2, 0.25) is 11.8 Å². The molecule has 2 atom stereocenters. The third kappa shape index (κ3) is 7.43. The van der Waals surface area contributed by atoms with Crippen molar-refractivity contribution in [3.63, 3.8) is 0 Å². The summed E-state index contributed by atoms with van der Waals surface area (Å²) in [5.41, 5.74) is 0. The molecule has 0 rings (SSSR count). The lowest BCUT2D eigenvalue weighted by molar-refractivity contribution is -0.146. The summed E-state index contributed by atoms with van der Waals surface area (Å²) in [7, 11) is 7.22. The molecule has 134 valence electrons. The van der Waals surface area contributed by atoms with Crippen LogP contribution in [0.2, 0.25) is 0 Å². The van der Waals surface area contributed by atoms with Crippen molar-refractivity contribution < 1.29 is 19.5 Å². The maximum absolute atomic E-state index is 12.4. The van der Waals surface area contributed by atoms with Crippen LogP contribution >= 0.6 is 0 Å². The summed E-state index contributed by atoms with van der Waals surface area (Å²) in [6.07, 6.45) is 0.265. The minimum atomic E-state index is -1.25. The molecule has 0 saturated carbocycles. The fourth-order valence-corrected chi connectivity index (χ4v) is 2.20. The molecule has 0 aromatic carbocycles. The van der Waals surface area contributed by atoms with E-state index >= 15 is 0 Å². The average Bonchev–Trinajstić information content (AvgIpc) is 2.46. The number of amides is 2. The van der Waals surface area contributed by atoms with Crippen LogP contribution in [0.15, 0.2) is 0 Å². The van der Waals surface area contributed by atoms with Gasteiger partial charge in [0, 0.05) is 0 Å². The molecule has 0 aliphatic carbocycles. The molecule has 0 aliphatic heterocycles. The van der Waals surface area contributed by atoms with Crippen LogP contribution in [0.25, 0.3) is 0 Å². The summed E-state index contributed by atoms with van der Waals surface area (Å²) in [6, 6.07) is 0. The lowest BCUT2D eigenvalue weighted by atomic mass is 10.0. The van der Waals surface area contributed by atoms with Crippen molar-refractivity contribution in [1.82, 2.24) is 20.4 Å². The number of carboxylic acid groups (broad SMARTS) is 1. The van der Waals surface area contributed by atoms with E-state index < -0.39 is 30.1 Å². The van der Waals surface area contributed by atoms with E-state index in [0.717, 1.165) is 0 Å². The number of hydrogen-bond acceptors (Lipinski definition) is 5. The summed E-state index contributed by atoms with van der Waals surface area (Å²) in [5.74, 6) is -3.58. The van der Waals surface area contributed by atoms with Gasteiger partial charge in [-0.1, -0.05) is 13.8 Å². The molecule has 0 bridgehead atoms. The van der Waals surface area contributed by atoms with Crippen molar-refractivity contribution >= 4 is 17.8 Å². The Bertz CT molecular complexity index is 382. The Morgan fingerprint density at radius 1 is 0.870 bits per heavy atom. The minimum Gasteiger partial charge on any atom is -0.481 e. The first-order valence-corrected chi connectivity index (χ1v) is 7.79. The van der Waals surface area contributed by atoms with Gasteiger partial charge in [0.05, 0.1) is 18.8 Å². The Kier molecular flexibility index (Phi) is 9.43. The molecule has 0 spiro atoms. The van der Waals surface area contributed by atoms with E-state index in [1.165, 1.54) is 0 Å². The van der Waals surface area contributed by atoms with Crippen molar-refractivity contribution in [3.05, 3.63) is 0 Å². The Morgan fingerprint density at radius 2 is 1.22 bits per heavy atom. The Balaban J connectivity index is 5.08. The molecule has 8 nitrogen and oxygen atoms in total. The van der Waals surface area contributed by atoms with Gasteiger partial charge in [0.25, 0.3) is 0 Å². The SMILES string of the molecule is CCC(NC(=O)C(CC(=O)O)C(=O)NC(CC)N(C)C)N(C)C. The zero-order valence-electron chi connectivity index (χ0n) is 14.9. The van der Waals surface area contributed by atoms with Crippen LogP contribution in [0.1, 0.15) is 33.1 Å². The number of nitrogens with one attached hydrogen (secondary N) is 2. The fourth-order valence-electron chi connectivity index (χ4n) is 2.20. The van der Waals surface area contributed by atoms with Crippen LogP contribution < -0.4 is 10.6 Å². The molecule has 3 N–H and O–H groups in total. The molecule has 0 aromatic heterocycles. The highest BCUT2D eigenvalue weighted by Crippen LogP contribution is 2.08. The smallest absolute Gasteiger partial charge is 0.304 e. The van der Waals surface area contributed by atoms with E-state index in [4.69, 9.17) is 5.11 Å². The summed E-state index contributed by atoms with van der Waals surface area (Å²) >= 11 is 0. The number of aliphatic carboxylic acids is 1. The zero-order chi connectivity index (χ0) is 18.2. The third-order valence-electron chi connectivity index (χ3n) is 3.65. The summed E-state index contributed by atoms with van der Waals surface area (Å²) in [4.78, 5) is 39.3. The first-order chi connectivity index (χ1) is 10.6. The van der Waals surface area contributed by atoms with Gasteiger partial charge in [-0.05, 0) is 41.0 Å². The van der Waals surface area contributed by atoms with E-state index in [1.54, 1.807) is 28.2 Å². The predicted molar refractivity (Wildman–Crippen MR) is 87.6 cm³/mol. The molecule has 2 unspecified atom stereocenters. The van der Waals surface area contributed by atoms with Gasteiger partial charge in [-0.3, -0.25) is 24.2 Å². The highest BCUT2D eigenvalue weighted by molar-refractivity contribution is 6.02. The van der Waals surface area contributed by atoms with Crippen molar-refractivity contribution in [2.45, 2.75) is 45.4 Å². The monoisotopic (exact) mass is 330 g/mol. The minimum absolute atomic E-state index is 0.248. The molecular formula is C15H30N4O4. The van der Waals surface area contributed by atoms with E-state index in [9.17, 15) is 14.4 Å². The Morgan fingerprint density at radius 3 is 1.43 bits per heavy atom. The lowest BCUT2D eigenvalue weighted by Gasteiger charge is -2.28. The van der Waals surface area contributed by atoms with Crippen molar-refractivity contribution in [2.75, 3.05) is 28.2 Å². The van der Waals surface area contributed by atoms with Crippen molar-refractivity contribution in [3.8, 4) is 0 Å². The first kappa shape index (κ1) is 21.3. The molecule has 0 aromatic rings. The van der Waals surface area contributed by atoms with Gasteiger partial charge in [-0.2, -0.15) is 0 Å². The second-order valence-corrected chi connectivity index (χ2v) is 5.94. The molecule has 0 saturated heterocycles. The molecule has 0 heterocycles. The number of rotatable bonds is 10. The molecule has 0 radical (unpaired) electrons. The van der Waals surface area contributed by atoms with Crippen LogP contribution in [0.3, 0.4) is 0 Å². The van der Waals surface area contributed by atoms with E-state index in [1.807, 2.05) is 23.6 Å². The molecule has 23 heavy (non-hydrogen) atoms. The Hall–Kier alpha value is -1.67. The van der Waals surface area contributed by atoms with Crippen LogP contribution in [-0.2, 0) is 14.4 Å². The first-order valence-electron chi connectivity index (χ1n) is 7.79. The highest BCUT2D eigenvalue weighted by Gasteiger charge is 2.32. The summed E-state index contributed by atoms with van der Waals surface area (Å²) < 4.78 is 0. The van der Waals surface area contributed by atoms with Crippen molar-refractivity contribution in [1.29, 1.82) is 0 Å². The van der Waals surface area contributed by atoms with E-state index in [2.05, 4.69) is 10.6 Å². The number of carbonyl (C=O) groups is 3. The van der Waals surface area contributed by atoms with Gasteiger partial charge in [0.1, 0.15) is 5.92 Å². The molecule has 8 heteroatoms. The quantitative estimate of drug-likeness (QED) is 0.382.